The fourth-order valence-corrected chi connectivity index (χ4v) is 1.46. The Morgan fingerprint density at radius 2 is 2.14 bits per heavy atom. The molecule has 1 N–H and O–H groups in total. The Kier molecular flexibility index (Phi) is 2.65. The lowest BCUT2D eigenvalue weighted by Crippen LogP contribution is -2.18. The van der Waals surface area contributed by atoms with Crippen LogP contribution in [0.5, 0.6) is 0 Å². The first kappa shape index (κ1) is 9.02. The van der Waals surface area contributed by atoms with Crippen LogP contribution in [0, 0.1) is 0 Å². The maximum atomic E-state index is 8.34. The van der Waals surface area contributed by atoms with E-state index in [0.717, 1.165) is 24.4 Å². The highest BCUT2D eigenvalue weighted by atomic mass is 16.5. The summed E-state index contributed by atoms with van der Waals surface area (Å²) in [7, 11) is 0. The Balaban J connectivity index is 2.12. The standard InChI is InChI=1S/C10H12N2O2/c13-11-7-9-1-3-10(4-2-9)12-5-6-14-8-12/h1-4,7,13H,5-6,8H2. The van der Waals surface area contributed by atoms with Crippen molar-refractivity contribution >= 4 is 11.9 Å². The zero-order chi connectivity index (χ0) is 9.80. The van der Waals surface area contributed by atoms with Crippen molar-refractivity contribution in [2.45, 2.75) is 0 Å². The van der Waals surface area contributed by atoms with Crippen LogP contribution in [0.3, 0.4) is 0 Å². The molecular formula is C10H12N2O2. The van der Waals surface area contributed by atoms with E-state index in [1.165, 1.54) is 6.21 Å². The first-order valence-electron chi connectivity index (χ1n) is 4.50. The van der Waals surface area contributed by atoms with Crippen molar-refractivity contribution in [2.24, 2.45) is 5.16 Å². The second-order valence-electron chi connectivity index (χ2n) is 3.14. The van der Waals surface area contributed by atoms with Crippen LogP contribution in [0.25, 0.3) is 0 Å². The summed E-state index contributed by atoms with van der Waals surface area (Å²) in [5.41, 5.74) is 2.02. The summed E-state index contributed by atoms with van der Waals surface area (Å²) in [6.45, 7) is 2.39. The summed E-state index contributed by atoms with van der Waals surface area (Å²) in [4.78, 5) is 2.15. The van der Waals surface area contributed by atoms with Crippen LogP contribution < -0.4 is 4.90 Å². The predicted octanol–water partition coefficient (Wildman–Crippen LogP) is 1.29. The van der Waals surface area contributed by atoms with E-state index >= 15 is 0 Å². The third-order valence-corrected chi connectivity index (χ3v) is 2.22. The minimum Gasteiger partial charge on any atom is -0.411 e. The van der Waals surface area contributed by atoms with Gasteiger partial charge in [-0.15, -0.1) is 0 Å². The first-order valence-corrected chi connectivity index (χ1v) is 4.50. The third kappa shape index (κ3) is 1.85. The topological polar surface area (TPSA) is 45.1 Å². The van der Waals surface area contributed by atoms with Crippen LogP contribution >= 0.6 is 0 Å². The Morgan fingerprint density at radius 3 is 2.71 bits per heavy atom. The second-order valence-corrected chi connectivity index (χ2v) is 3.14. The molecule has 1 aromatic carbocycles. The number of rotatable bonds is 2. The molecule has 74 valence electrons. The van der Waals surface area contributed by atoms with Gasteiger partial charge in [0.25, 0.3) is 0 Å². The third-order valence-electron chi connectivity index (χ3n) is 2.22. The molecule has 0 unspecified atom stereocenters. The molecule has 1 saturated heterocycles. The quantitative estimate of drug-likeness (QED) is 0.436. The molecule has 0 radical (unpaired) electrons. The van der Waals surface area contributed by atoms with Gasteiger partial charge < -0.3 is 14.8 Å². The first-order chi connectivity index (χ1) is 6.90. The highest BCUT2D eigenvalue weighted by Crippen LogP contribution is 2.16. The van der Waals surface area contributed by atoms with Gasteiger partial charge in [0.05, 0.1) is 12.8 Å². The van der Waals surface area contributed by atoms with Gasteiger partial charge in [-0.25, -0.2) is 0 Å². The van der Waals surface area contributed by atoms with E-state index in [-0.39, 0.29) is 0 Å². The number of hydrogen-bond acceptors (Lipinski definition) is 4. The molecule has 0 amide bonds. The van der Waals surface area contributed by atoms with Gasteiger partial charge >= 0.3 is 0 Å². The SMILES string of the molecule is ON=Cc1ccc(N2CCOC2)cc1. The van der Waals surface area contributed by atoms with Gasteiger partial charge in [-0.1, -0.05) is 17.3 Å². The van der Waals surface area contributed by atoms with Crippen molar-refractivity contribution in [2.75, 3.05) is 24.8 Å². The molecule has 1 heterocycles. The number of hydrogen-bond donors (Lipinski definition) is 1. The van der Waals surface area contributed by atoms with E-state index in [4.69, 9.17) is 9.94 Å². The number of anilines is 1. The number of benzene rings is 1. The molecule has 0 atom stereocenters. The zero-order valence-corrected chi connectivity index (χ0v) is 7.76. The average molecular weight is 192 g/mol. The van der Waals surface area contributed by atoms with Crippen LogP contribution in [0.1, 0.15) is 5.56 Å². The van der Waals surface area contributed by atoms with Gasteiger partial charge in [0.2, 0.25) is 0 Å². The molecule has 0 saturated carbocycles. The smallest absolute Gasteiger partial charge is 0.119 e. The molecule has 1 aliphatic heterocycles. The summed E-state index contributed by atoms with van der Waals surface area (Å²) in [5.74, 6) is 0. The highest BCUT2D eigenvalue weighted by Gasteiger charge is 2.11. The fraction of sp³-hybridized carbons (Fsp3) is 0.300. The van der Waals surface area contributed by atoms with Crippen molar-refractivity contribution in [3.63, 3.8) is 0 Å². The lowest BCUT2D eigenvalue weighted by Gasteiger charge is -2.15. The number of nitrogens with zero attached hydrogens (tertiary/aromatic N) is 2. The summed E-state index contributed by atoms with van der Waals surface area (Å²) in [6.07, 6.45) is 1.41. The summed E-state index contributed by atoms with van der Waals surface area (Å²) in [6, 6.07) is 7.80. The van der Waals surface area contributed by atoms with Crippen LogP contribution in [-0.4, -0.2) is 31.3 Å². The predicted molar refractivity (Wildman–Crippen MR) is 54.0 cm³/mol. The molecule has 0 bridgehead atoms. The van der Waals surface area contributed by atoms with E-state index in [1.807, 2.05) is 24.3 Å². The average Bonchev–Trinajstić information content (AvgIpc) is 2.72. The van der Waals surface area contributed by atoms with E-state index in [1.54, 1.807) is 0 Å². The summed E-state index contributed by atoms with van der Waals surface area (Å²) < 4.78 is 5.25. The number of ether oxygens (including phenoxy) is 1. The van der Waals surface area contributed by atoms with E-state index in [0.29, 0.717) is 6.73 Å². The molecule has 0 spiro atoms. The van der Waals surface area contributed by atoms with Crippen LogP contribution in [0.4, 0.5) is 5.69 Å². The van der Waals surface area contributed by atoms with Crippen LogP contribution in [0.2, 0.25) is 0 Å². The van der Waals surface area contributed by atoms with E-state index in [2.05, 4.69) is 10.1 Å². The molecule has 4 heteroatoms. The Morgan fingerprint density at radius 1 is 1.36 bits per heavy atom. The van der Waals surface area contributed by atoms with Crippen molar-refractivity contribution in [3.8, 4) is 0 Å². The molecule has 0 aliphatic carbocycles. The van der Waals surface area contributed by atoms with Gasteiger partial charge in [-0.05, 0) is 17.7 Å². The van der Waals surface area contributed by atoms with Gasteiger partial charge in [-0.3, -0.25) is 0 Å². The molecule has 1 aliphatic rings. The molecule has 2 rings (SSSR count). The van der Waals surface area contributed by atoms with Crippen molar-refractivity contribution in [1.29, 1.82) is 0 Å². The van der Waals surface area contributed by atoms with Gasteiger partial charge in [-0.2, -0.15) is 0 Å². The summed E-state index contributed by atoms with van der Waals surface area (Å²) in [5, 5.41) is 11.3. The molecule has 1 aromatic rings. The highest BCUT2D eigenvalue weighted by molar-refractivity contribution is 5.79. The molecule has 14 heavy (non-hydrogen) atoms. The monoisotopic (exact) mass is 192 g/mol. The van der Waals surface area contributed by atoms with E-state index < -0.39 is 0 Å². The largest absolute Gasteiger partial charge is 0.411 e. The van der Waals surface area contributed by atoms with E-state index in [9.17, 15) is 0 Å². The Hall–Kier alpha value is -1.55. The van der Waals surface area contributed by atoms with Gasteiger partial charge in [0, 0.05) is 12.2 Å². The molecule has 1 fully saturated rings. The Bertz CT molecular complexity index is 315. The minimum absolute atomic E-state index is 0.660. The number of oxime groups is 1. The molecule has 0 aromatic heterocycles. The molecular weight excluding hydrogens is 180 g/mol. The lowest BCUT2D eigenvalue weighted by atomic mass is 10.2. The van der Waals surface area contributed by atoms with Crippen LogP contribution in [-0.2, 0) is 4.74 Å². The van der Waals surface area contributed by atoms with Crippen molar-refractivity contribution in [3.05, 3.63) is 29.8 Å². The minimum atomic E-state index is 0.660. The maximum Gasteiger partial charge on any atom is 0.119 e. The van der Waals surface area contributed by atoms with Crippen molar-refractivity contribution in [1.82, 2.24) is 0 Å². The Labute approximate surface area is 82.4 Å². The summed E-state index contributed by atoms with van der Waals surface area (Å²) >= 11 is 0. The second kappa shape index (κ2) is 4.11. The normalized spacial score (nSPS) is 16.7. The molecule has 4 nitrogen and oxygen atoms in total. The maximum absolute atomic E-state index is 8.34. The fourth-order valence-electron chi connectivity index (χ4n) is 1.46. The van der Waals surface area contributed by atoms with Gasteiger partial charge in [0.1, 0.15) is 6.73 Å². The van der Waals surface area contributed by atoms with Gasteiger partial charge in [0.15, 0.2) is 0 Å². The zero-order valence-electron chi connectivity index (χ0n) is 7.76. The lowest BCUT2D eigenvalue weighted by molar-refractivity contribution is 0.201. The van der Waals surface area contributed by atoms with Crippen LogP contribution in [0.15, 0.2) is 29.4 Å². The van der Waals surface area contributed by atoms with Crippen molar-refractivity contribution < 1.29 is 9.94 Å².